The van der Waals surface area contributed by atoms with Crippen molar-refractivity contribution < 1.29 is 8.42 Å². The summed E-state index contributed by atoms with van der Waals surface area (Å²) in [6.07, 6.45) is 1.08. The van der Waals surface area contributed by atoms with E-state index in [1.807, 2.05) is 12.3 Å². The van der Waals surface area contributed by atoms with Crippen LogP contribution in [0.3, 0.4) is 0 Å². The molecule has 0 unspecified atom stereocenters. The molecule has 8 heteroatoms. The summed E-state index contributed by atoms with van der Waals surface area (Å²) in [5, 5.41) is 6.54. The van der Waals surface area contributed by atoms with Crippen molar-refractivity contribution in [2.75, 3.05) is 16.3 Å². The summed E-state index contributed by atoms with van der Waals surface area (Å²) in [6.45, 7) is 2.55. The Morgan fingerprint density at radius 1 is 1.40 bits per heavy atom. The number of rotatable bonds is 5. The molecule has 1 aromatic heterocycles. The molecule has 0 radical (unpaired) electrons. The quantitative estimate of drug-likeness (QED) is 0.883. The number of benzene rings is 1. The zero-order chi connectivity index (χ0) is 14.8. The van der Waals surface area contributed by atoms with Crippen molar-refractivity contribution in [2.24, 2.45) is 0 Å². The molecule has 0 bridgehead atoms. The van der Waals surface area contributed by atoms with E-state index in [1.165, 1.54) is 0 Å². The highest BCUT2D eigenvalue weighted by Gasteiger charge is 2.07. The van der Waals surface area contributed by atoms with Crippen molar-refractivity contribution in [1.82, 2.24) is 4.98 Å². The van der Waals surface area contributed by atoms with Crippen LogP contribution in [-0.2, 0) is 16.6 Å². The SMILES string of the molecule is Cc1nc(CNc2ccc(NS(C)(=O)=O)c(Cl)c2)cs1. The predicted octanol–water partition coefficient (Wildman–Crippen LogP) is 3.09. The molecular weight excluding hydrogens is 318 g/mol. The van der Waals surface area contributed by atoms with Crippen molar-refractivity contribution in [1.29, 1.82) is 0 Å². The average molecular weight is 332 g/mol. The Balaban J connectivity index is 2.05. The van der Waals surface area contributed by atoms with Gasteiger partial charge in [0.2, 0.25) is 10.0 Å². The molecule has 0 aliphatic heterocycles. The molecule has 0 amide bonds. The van der Waals surface area contributed by atoms with Crippen molar-refractivity contribution in [2.45, 2.75) is 13.5 Å². The number of hydrogen-bond acceptors (Lipinski definition) is 5. The van der Waals surface area contributed by atoms with Gasteiger partial charge in [-0.25, -0.2) is 13.4 Å². The lowest BCUT2D eigenvalue weighted by atomic mass is 10.3. The Kier molecular flexibility index (Phi) is 4.52. The van der Waals surface area contributed by atoms with Gasteiger partial charge in [-0.05, 0) is 25.1 Å². The van der Waals surface area contributed by atoms with Gasteiger partial charge in [0, 0.05) is 11.1 Å². The topological polar surface area (TPSA) is 71.1 Å². The van der Waals surface area contributed by atoms with Crippen LogP contribution in [0, 0.1) is 6.92 Å². The molecule has 0 saturated carbocycles. The second-order valence-electron chi connectivity index (χ2n) is 4.28. The Hall–Kier alpha value is -1.31. The Labute approximate surface area is 127 Å². The van der Waals surface area contributed by atoms with Crippen LogP contribution in [0.2, 0.25) is 5.02 Å². The Morgan fingerprint density at radius 2 is 2.15 bits per heavy atom. The molecule has 20 heavy (non-hydrogen) atoms. The monoisotopic (exact) mass is 331 g/mol. The highest BCUT2D eigenvalue weighted by atomic mass is 35.5. The molecule has 2 rings (SSSR count). The van der Waals surface area contributed by atoms with E-state index < -0.39 is 10.0 Å². The number of aromatic nitrogens is 1. The molecule has 0 fully saturated rings. The van der Waals surface area contributed by atoms with E-state index >= 15 is 0 Å². The van der Waals surface area contributed by atoms with Gasteiger partial charge in [-0.1, -0.05) is 11.6 Å². The van der Waals surface area contributed by atoms with E-state index in [2.05, 4.69) is 15.0 Å². The van der Waals surface area contributed by atoms with Crippen LogP contribution in [0.15, 0.2) is 23.6 Å². The molecular formula is C12H14ClN3O2S2. The van der Waals surface area contributed by atoms with Gasteiger partial charge in [0.15, 0.2) is 0 Å². The van der Waals surface area contributed by atoms with Crippen LogP contribution in [0.25, 0.3) is 0 Å². The number of aryl methyl sites for hydroxylation is 1. The fraction of sp³-hybridized carbons (Fsp3) is 0.250. The van der Waals surface area contributed by atoms with E-state index in [4.69, 9.17) is 11.6 Å². The van der Waals surface area contributed by atoms with Gasteiger partial charge in [0.05, 0.1) is 34.2 Å². The molecule has 2 N–H and O–H groups in total. The first-order chi connectivity index (χ1) is 9.33. The minimum atomic E-state index is -3.33. The van der Waals surface area contributed by atoms with E-state index in [0.717, 1.165) is 22.6 Å². The van der Waals surface area contributed by atoms with Crippen LogP contribution in [0.5, 0.6) is 0 Å². The molecule has 1 heterocycles. The Morgan fingerprint density at radius 3 is 2.70 bits per heavy atom. The fourth-order valence-electron chi connectivity index (χ4n) is 1.59. The number of nitrogens with one attached hydrogen (secondary N) is 2. The minimum absolute atomic E-state index is 0.342. The van der Waals surface area contributed by atoms with Gasteiger partial charge in [0.1, 0.15) is 0 Å². The summed E-state index contributed by atoms with van der Waals surface area (Å²) in [7, 11) is -3.33. The maximum atomic E-state index is 11.2. The van der Waals surface area contributed by atoms with Crippen LogP contribution >= 0.6 is 22.9 Å². The third kappa shape index (κ3) is 4.36. The summed E-state index contributed by atoms with van der Waals surface area (Å²) in [4.78, 5) is 4.35. The molecule has 2 aromatic rings. The molecule has 0 aliphatic carbocycles. The minimum Gasteiger partial charge on any atom is -0.379 e. The lowest BCUT2D eigenvalue weighted by Crippen LogP contribution is -2.10. The highest BCUT2D eigenvalue weighted by molar-refractivity contribution is 7.92. The van der Waals surface area contributed by atoms with Crippen molar-refractivity contribution in [3.63, 3.8) is 0 Å². The van der Waals surface area contributed by atoms with E-state index in [1.54, 1.807) is 29.5 Å². The second-order valence-corrected chi connectivity index (χ2v) is 7.50. The number of sulfonamides is 1. The average Bonchev–Trinajstić information content (AvgIpc) is 2.74. The van der Waals surface area contributed by atoms with Crippen molar-refractivity contribution in [3.05, 3.63) is 39.3 Å². The van der Waals surface area contributed by atoms with E-state index in [-0.39, 0.29) is 0 Å². The zero-order valence-corrected chi connectivity index (χ0v) is 13.4. The summed E-state index contributed by atoms with van der Waals surface area (Å²) >= 11 is 7.64. The van der Waals surface area contributed by atoms with E-state index in [0.29, 0.717) is 17.3 Å². The van der Waals surface area contributed by atoms with Gasteiger partial charge in [-0.3, -0.25) is 4.72 Å². The smallest absolute Gasteiger partial charge is 0.229 e. The van der Waals surface area contributed by atoms with Gasteiger partial charge in [-0.2, -0.15) is 0 Å². The van der Waals surface area contributed by atoms with Crippen molar-refractivity contribution >= 4 is 44.3 Å². The number of anilines is 2. The van der Waals surface area contributed by atoms with Crippen LogP contribution in [0.4, 0.5) is 11.4 Å². The zero-order valence-electron chi connectivity index (χ0n) is 11.0. The maximum absolute atomic E-state index is 11.2. The van der Waals surface area contributed by atoms with Crippen LogP contribution in [0.1, 0.15) is 10.7 Å². The van der Waals surface area contributed by atoms with Gasteiger partial charge in [0.25, 0.3) is 0 Å². The lowest BCUT2D eigenvalue weighted by Gasteiger charge is -2.09. The molecule has 0 saturated heterocycles. The molecule has 1 aromatic carbocycles. The number of hydrogen-bond donors (Lipinski definition) is 2. The molecule has 0 aliphatic rings. The van der Waals surface area contributed by atoms with Gasteiger partial charge >= 0.3 is 0 Å². The van der Waals surface area contributed by atoms with Crippen LogP contribution in [-0.4, -0.2) is 19.7 Å². The first-order valence-corrected chi connectivity index (χ1v) is 8.90. The number of nitrogens with zero attached hydrogens (tertiary/aromatic N) is 1. The molecule has 108 valence electrons. The first kappa shape index (κ1) is 15.1. The number of halogens is 1. The van der Waals surface area contributed by atoms with Crippen molar-refractivity contribution in [3.8, 4) is 0 Å². The normalized spacial score (nSPS) is 11.3. The lowest BCUT2D eigenvalue weighted by molar-refractivity contribution is 0.607. The maximum Gasteiger partial charge on any atom is 0.229 e. The fourth-order valence-corrected chi connectivity index (χ4v) is 3.06. The summed E-state index contributed by atoms with van der Waals surface area (Å²) < 4.78 is 24.7. The molecule has 0 atom stereocenters. The number of thiazole rings is 1. The third-order valence-corrected chi connectivity index (χ3v) is 4.13. The Bertz CT molecular complexity index is 713. The third-order valence-electron chi connectivity index (χ3n) is 2.40. The molecule has 5 nitrogen and oxygen atoms in total. The second kappa shape index (κ2) is 5.99. The van der Waals surface area contributed by atoms with E-state index in [9.17, 15) is 8.42 Å². The summed E-state index contributed by atoms with van der Waals surface area (Å²) in [6, 6.07) is 5.06. The van der Waals surface area contributed by atoms with Gasteiger partial charge in [-0.15, -0.1) is 11.3 Å². The molecule has 0 spiro atoms. The highest BCUT2D eigenvalue weighted by Crippen LogP contribution is 2.26. The standard InChI is InChI=1S/C12H14ClN3O2S2/c1-8-15-10(7-19-8)6-14-9-3-4-12(11(13)5-9)16-20(2,17)18/h3-5,7,14,16H,6H2,1-2H3. The van der Waals surface area contributed by atoms with Crippen LogP contribution < -0.4 is 10.0 Å². The largest absolute Gasteiger partial charge is 0.379 e. The summed E-state index contributed by atoms with van der Waals surface area (Å²) in [5.74, 6) is 0. The first-order valence-electron chi connectivity index (χ1n) is 5.76. The summed E-state index contributed by atoms with van der Waals surface area (Å²) in [5.41, 5.74) is 2.13. The predicted molar refractivity (Wildman–Crippen MR) is 84.1 cm³/mol. The van der Waals surface area contributed by atoms with Gasteiger partial charge < -0.3 is 5.32 Å².